The lowest BCUT2D eigenvalue weighted by atomic mass is 9.81. The lowest BCUT2D eigenvalue weighted by Gasteiger charge is -2.47. The first-order valence-corrected chi connectivity index (χ1v) is 10.3. The molecule has 140 valence electrons. The molecule has 1 aromatic rings. The Morgan fingerprint density at radius 1 is 1.24 bits per heavy atom. The van der Waals surface area contributed by atoms with Crippen LogP contribution in [0, 0.1) is 11.3 Å². The van der Waals surface area contributed by atoms with E-state index >= 15 is 0 Å². The molecule has 8 heteroatoms. The summed E-state index contributed by atoms with van der Waals surface area (Å²) < 4.78 is 60.4. The van der Waals surface area contributed by atoms with Crippen LogP contribution >= 0.6 is 0 Å². The van der Waals surface area contributed by atoms with Crippen molar-refractivity contribution in [3.63, 3.8) is 0 Å². The van der Waals surface area contributed by atoms with Crippen molar-refractivity contribution in [2.24, 2.45) is 11.3 Å². The normalized spacial score (nSPS) is 24.0. The third-order valence-electron chi connectivity index (χ3n) is 5.24. The summed E-state index contributed by atoms with van der Waals surface area (Å²) in [7, 11) is -2.79. The predicted octanol–water partition coefficient (Wildman–Crippen LogP) is 2.79. The molecule has 0 saturated carbocycles. The zero-order chi connectivity index (χ0) is 18.3. The first kappa shape index (κ1) is 18.6. The van der Waals surface area contributed by atoms with Gasteiger partial charge in [0.2, 0.25) is 0 Å². The summed E-state index contributed by atoms with van der Waals surface area (Å²) in [5, 5.41) is 0. The Labute approximate surface area is 146 Å². The minimum atomic E-state index is -4.40. The summed E-state index contributed by atoms with van der Waals surface area (Å²) in [6, 6.07) is 2.53. The van der Waals surface area contributed by atoms with Gasteiger partial charge >= 0.3 is 6.18 Å². The van der Waals surface area contributed by atoms with Gasteiger partial charge in [0.1, 0.15) is 5.69 Å². The van der Waals surface area contributed by atoms with Gasteiger partial charge in [-0.3, -0.25) is 4.98 Å². The average Bonchev–Trinajstić information content (AvgIpc) is 2.47. The Balaban J connectivity index is 1.46. The van der Waals surface area contributed by atoms with Crippen molar-refractivity contribution in [3.8, 4) is 0 Å². The van der Waals surface area contributed by atoms with Crippen LogP contribution in [0.15, 0.2) is 18.3 Å². The van der Waals surface area contributed by atoms with E-state index in [1.807, 2.05) is 0 Å². The smallest absolute Gasteiger partial charge is 0.303 e. The van der Waals surface area contributed by atoms with Crippen LogP contribution < -0.4 is 0 Å². The molecule has 0 N–H and O–H groups in total. The predicted molar refractivity (Wildman–Crippen MR) is 88.9 cm³/mol. The molecule has 4 nitrogen and oxygen atoms in total. The lowest BCUT2D eigenvalue weighted by Crippen LogP contribution is -2.55. The molecule has 25 heavy (non-hydrogen) atoms. The number of aromatic nitrogens is 1. The van der Waals surface area contributed by atoms with E-state index in [4.69, 9.17) is 0 Å². The highest BCUT2D eigenvalue weighted by atomic mass is 32.2. The van der Waals surface area contributed by atoms with Crippen molar-refractivity contribution < 1.29 is 21.6 Å². The minimum absolute atomic E-state index is 0.00984. The summed E-state index contributed by atoms with van der Waals surface area (Å²) in [5.74, 6) is 0.971. The number of hydrogen-bond acceptors (Lipinski definition) is 4. The molecule has 1 atom stereocenters. The van der Waals surface area contributed by atoms with Gasteiger partial charge in [-0.05, 0) is 49.9 Å². The highest BCUT2D eigenvalue weighted by molar-refractivity contribution is 7.92. The Bertz CT molecular complexity index is 694. The maximum absolute atomic E-state index is 12.5. The fourth-order valence-corrected chi connectivity index (χ4v) is 6.37. The van der Waals surface area contributed by atoms with Crippen LogP contribution in [-0.4, -0.2) is 49.4 Å². The Morgan fingerprint density at radius 3 is 2.36 bits per heavy atom. The molecule has 3 heterocycles. The van der Waals surface area contributed by atoms with E-state index in [1.54, 1.807) is 0 Å². The van der Waals surface area contributed by atoms with Gasteiger partial charge in [-0.15, -0.1) is 0 Å². The number of rotatable bonds is 4. The van der Waals surface area contributed by atoms with Gasteiger partial charge in [0.05, 0.1) is 11.5 Å². The standard InChI is InChI=1S/C17H23F3N2O2S/c1-13(8-14-2-3-15(21-9-14)17(18,19)20)10-22-6-4-16(5-7-22)11-25(23,24)12-16/h2-3,9,13H,4-8,10-12H2,1H3. The summed E-state index contributed by atoms with van der Waals surface area (Å²) in [6.45, 7) is 4.73. The van der Waals surface area contributed by atoms with Crippen LogP contribution in [0.2, 0.25) is 0 Å². The van der Waals surface area contributed by atoms with Crippen LogP contribution in [0.3, 0.4) is 0 Å². The fraction of sp³-hybridized carbons (Fsp3) is 0.706. The molecule has 2 saturated heterocycles. The lowest BCUT2D eigenvalue weighted by molar-refractivity contribution is -0.141. The largest absolute Gasteiger partial charge is 0.433 e. The highest BCUT2D eigenvalue weighted by Gasteiger charge is 2.49. The van der Waals surface area contributed by atoms with E-state index in [9.17, 15) is 21.6 Å². The molecular formula is C17H23F3N2O2S. The van der Waals surface area contributed by atoms with E-state index in [0.717, 1.165) is 44.1 Å². The summed E-state index contributed by atoms with van der Waals surface area (Å²) >= 11 is 0. The van der Waals surface area contributed by atoms with E-state index in [1.165, 1.54) is 12.3 Å². The number of pyridine rings is 1. The van der Waals surface area contributed by atoms with Crippen molar-refractivity contribution in [3.05, 3.63) is 29.6 Å². The van der Waals surface area contributed by atoms with Crippen LogP contribution in [-0.2, 0) is 22.4 Å². The van der Waals surface area contributed by atoms with Crippen molar-refractivity contribution in [1.82, 2.24) is 9.88 Å². The zero-order valence-electron chi connectivity index (χ0n) is 14.2. The average molecular weight is 376 g/mol. The quantitative estimate of drug-likeness (QED) is 0.811. The molecule has 0 aromatic carbocycles. The number of alkyl halides is 3. The first-order valence-electron chi connectivity index (χ1n) is 8.52. The molecule has 0 amide bonds. The SMILES string of the molecule is CC(Cc1ccc(C(F)(F)F)nc1)CN1CCC2(CC1)CS(=O)(=O)C2. The van der Waals surface area contributed by atoms with E-state index in [-0.39, 0.29) is 5.41 Å². The molecule has 2 aliphatic heterocycles. The van der Waals surface area contributed by atoms with Crippen LogP contribution in [0.25, 0.3) is 0 Å². The number of piperidine rings is 1. The van der Waals surface area contributed by atoms with Crippen LogP contribution in [0.4, 0.5) is 13.2 Å². The minimum Gasteiger partial charge on any atom is -0.303 e. The summed E-state index contributed by atoms with van der Waals surface area (Å²) in [6.07, 6.45) is -0.574. The van der Waals surface area contributed by atoms with Gasteiger partial charge in [-0.1, -0.05) is 13.0 Å². The monoisotopic (exact) mass is 376 g/mol. The van der Waals surface area contributed by atoms with Gasteiger partial charge in [0, 0.05) is 18.2 Å². The van der Waals surface area contributed by atoms with Crippen molar-refractivity contribution >= 4 is 9.84 Å². The topological polar surface area (TPSA) is 50.3 Å². The number of hydrogen-bond donors (Lipinski definition) is 0. The first-order chi connectivity index (χ1) is 11.6. The van der Waals surface area contributed by atoms with Gasteiger partial charge in [0.25, 0.3) is 0 Å². The maximum Gasteiger partial charge on any atom is 0.433 e. The molecule has 1 spiro atoms. The number of nitrogens with zero attached hydrogens (tertiary/aromatic N) is 2. The summed E-state index contributed by atoms with van der Waals surface area (Å²) in [5.41, 5.74) is -0.0459. The molecule has 1 unspecified atom stereocenters. The Hall–Kier alpha value is -1.15. The van der Waals surface area contributed by atoms with Gasteiger partial charge in [-0.25, -0.2) is 8.42 Å². The molecule has 3 rings (SSSR count). The molecule has 2 aliphatic rings. The van der Waals surface area contributed by atoms with E-state index in [2.05, 4.69) is 16.8 Å². The molecule has 0 radical (unpaired) electrons. The Morgan fingerprint density at radius 2 is 1.88 bits per heavy atom. The molecule has 2 fully saturated rings. The number of likely N-dealkylation sites (tertiary alicyclic amines) is 1. The second-order valence-electron chi connectivity index (χ2n) is 7.69. The third kappa shape index (κ3) is 4.53. The van der Waals surface area contributed by atoms with E-state index < -0.39 is 21.7 Å². The molecule has 0 bridgehead atoms. The van der Waals surface area contributed by atoms with Crippen molar-refractivity contribution in [2.45, 2.75) is 32.4 Å². The zero-order valence-corrected chi connectivity index (χ0v) is 15.0. The maximum atomic E-state index is 12.5. The second-order valence-corrected chi connectivity index (χ2v) is 9.76. The number of sulfone groups is 1. The second kappa shape index (κ2) is 6.54. The third-order valence-corrected chi connectivity index (χ3v) is 7.34. The molecule has 1 aromatic heterocycles. The number of halogens is 3. The van der Waals surface area contributed by atoms with Gasteiger partial charge in [0.15, 0.2) is 9.84 Å². The molecular weight excluding hydrogens is 353 g/mol. The van der Waals surface area contributed by atoms with Gasteiger partial charge < -0.3 is 4.90 Å². The summed E-state index contributed by atoms with van der Waals surface area (Å²) in [4.78, 5) is 5.84. The van der Waals surface area contributed by atoms with Crippen molar-refractivity contribution in [1.29, 1.82) is 0 Å². The van der Waals surface area contributed by atoms with Crippen molar-refractivity contribution in [2.75, 3.05) is 31.1 Å². The van der Waals surface area contributed by atoms with E-state index in [0.29, 0.717) is 23.8 Å². The van der Waals surface area contributed by atoms with Gasteiger partial charge in [-0.2, -0.15) is 13.2 Å². The van der Waals surface area contributed by atoms with Crippen LogP contribution in [0.5, 0.6) is 0 Å². The Kier molecular flexibility index (Phi) is 4.87. The molecule has 0 aliphatic carbocycles. The fourth-order valence-electron chi connectivity index (χ4n) is 4.01. The van der Waals surface area contributed by atoms with Crippen LogP contribution in [0.1, 0.15) is 31.0 Å². The highest BCUT2D eigenvalue weighted by Crippen LogP contribution is 2.42.